The zero-order valence-corrected chi connectivity index (χ0v) is 11.1. The van der Waals surface area contributed by atoms with Gasteiger partial charge in [0.05, 0.1) is 18.6 Å². The number of carboxylic acid groups (broad SMARTS) is 1. The van der Waals surface area contributed by atoms with Gasteiger partial charge in [0, 0.05) is 19.6 Å². The van der Waals surface area contributed by atoms with Gasteiger partial charge in [-0.3, -0.25) is 4.79 Å². The van der Waals surface area contributed by atoms with E-state index in [0.717, 1.165) is 12.8 Å². The van der Waals surface area contributed by atoms with Crippen LogP contribution < -0.4 is 5.32 Å². The largest absolute Gasteiger partial charge is 0.481 e. The van der Waals surface area contributed by atoms with E-state index in [1.807, 2.05) is 0 Å². The number of amides is 2. The highest BCUT2D eigenvalue weighted by molar-refractivity contribution is 5.77. The third kappa shape index (κ3) is 4.09. The highest BCUT2D eigenvalue weighted by Gasteiger charge is 2.30. The fourth-order valence-electron chi connectivity index (χ4n) is 2.70. The SMILES string of the molecule is O=C(O)C1CCN(C(=O)NCCOC2CCCC2)C1. The van der Waals surface area contributed by atoms with Crippen LogP contribution in [0.1, 0.15) is 32.1 Å². The van der Waals surface area contributed by atoms with Crippen molar-refractivity contribution in [1.29, 1.82) is 0 Å². The van der Waals surface area contributed by atoms with E-state index < -0.39 is 11.9 Å². The summed E-state index contributed by atoms with van der Waals surface area (Å²) in [5.41, 5.74) is 0. The Kier molecular flexibility index (Phi) is 5.01. The number of hydrogen-bond acceptors (Lipinski definition) is 3. The van der Waals surface area contributed by atoms with Crippen molar-refractivity contribution in [2.75, 3.05) is 26.2 Å². The molecule has 6 nitrogen and oxygen atoms in total. The lowest BCUT2D eigenvalue weighted by Crippen LogP contribution is -2.40. The number of nitrogens with zero attached hydrogens (tertiary/aromatic N) is 1. The van der Waals surface area contributed by atoms with Gasteiger partial charge in [-0.2, -0.15) is 0 Å². The molecule has 0 aromatic rings. The number of rotatable bonds is 5. The van der Waals surface area contributed by atoms with E-state index in [9.17, 15) is 9.59 Å². The Balaban J connectivity index is 1.58. The Bertz CT molecular complexity index is 329. The second kappa shape index (κ2) is 6.75. The first-order valence-corrected chi connectivity index (χ1v) is 7.04. The molecule has 108 valence electrons. The van der Waals surface area contributed by atoms with Gasteiger partial charge >= 0.3 is 12.0 Å². The molecule has 2 aliphatic rings. The van der Waals surface area contributed by atoms with Gasteiger partial charge in [0.25, 0.3) is 0 Å². The van der Waals surface area contributed by atoms with Gasteiger partial charge < -0.3 is 20.1 Å². The van der Waals surface area contributed by atoms with Crippen LogP contribution in [0.15, 0.2) is 0 Å². The lowest BCUT2D eigenvalue weighted by molar-refractivity contribution is -0.141. The molecule has 1 saturated carbocycles. The first-order valence-electron chi connectivity index (χ1n) is 7.04. The van der Waals surface area contributed by atoms with Crippen LogP contribution in [0, 0.1) is 5.92 Å². The molecule has 2 rings (SSSR count). The average molecular weight is 270 g/mol. The van der Waals surface area contributed by atoms with E-state index in [2.05, 4.69) is 5.32 Å². The molecule has 2 fully saturated rings. The predicted molar refractivity (Wildman–Crippen MR) is 68.9 cm³/mol. The molecule has 6 heteroatoms. The molecule has 0 aromatic heterocycles. The fourth-order valence-corrected chi connectivity index (χ4v) is 2.70. The van der Waals surface area contributed by atoms with Crippen LogP contribution in [-0.4, -0.2) is 54.4 Å². The molecule has 0 radical (unpaired) electrons. The summed E-state index contributed by atoms with van der Waals surface area (Å²) >= 11 is 0. The minimum atomic E-state index is -0.820. The Morgan fingerprint density at radius 1 is 1.26 bits per heavy atom. The highest BCUT2D eigenvalue weighted by Crippen LogP contribution is 2.20. The summed E-state index contributed by atoms with van der Waals surface area (Å²) < 4.78 is 5.65. The molecule has 0 aromatic carbocycles. The molecule has 1 atom stereocenters. The van der Waals surface area contributed by atoms with Crippen LogP contribution in [-0.2, 0) is 9.53 Å². The predicted octanol–water partition coefficient (Wildman–Crippen LogP) is 1.06. The maximum absolute atomic E-state index is 11.8. The smallest absolute Gasteiger partial charge is 0.317 e. The molecule has 1 aliphatic heterocycles. The zero-order chi connectivity index (χ0) is 13.7. The van der Waals surface area contributed by atoms with Crippen LogP contribution in [0.25, 0.3) is 0 Å². The first-order chi connectivity index (χ1) is 9.16. The summed E-state index contributed by atoms with van der Waals surface area (Å²) in [4.78, 5) is 24.1. The number of ether oxygens (including phenoxy) is 1. The number of carbonyl (C=O) groups is 2. The average Bonchev–Trinajstić information content (AvgIpc) is 3.05. The van der Waals surface area contributed by atoms with Gasteiger partial charge in [-0.05, 0) is 19.3 Å². The third-order valence-corrected chi connectivity index (χ3v) is 3.86. The van der Waals surface area contributed by atoms with Crippen LogP contribution in [0.3, 0.4) is 0 Å². The topological polar surface area (TPSA) is 78.9 Å². The van der Waals surface area contributed by atoms with Gasteiger partial charge in [-0.1, -0.05) is 12.8 Å². The number of nitrogens with one attached hydrogen (secondary N) is 1. The lowest BCUT2D eigenvalue weighted by Gasteiger charge is -2.17. The van der Waals surface area contributed by atoms with Crippen molar-refractivity contribution >= 4 is 12.0 Å². The Morgan fingerprint density at radius 3 is 2.63 bits per heavy atom. The second-order valence-corrected chi connectivity index (χ2v) is 5.28. The van der Waals surface area contributed by atoms with Crippen molar-refractivity contribution in [3.8, 4) is 0 Å². The van der Waals surface area contributed by atoms with E-state index in [-0.39, 0.29) is 6.03 Å². The Labute approximate surface area is 113 Å². The Morgan fingerprint density at radius 2 is 2.00 bits per heavy atom. The van der Waals surface area contributed by atoms with Gasteiger partial charge in [0.2, 0.25) is 0 Å². The molecule has 0 bridgehead atoms. The normalized spacial score (nSPS) is 23.8. The standard InChI is InChI=1S/C13H22N2O4/c16-12(17)10-5-7-15(9-10)13(18)14-6-8-19-11-3-1-2-4-11/h10-11H,1-9H2,(H,14,18)(H,16,17). The van der Waals surface area contributed by atoms with E-state index in [1.54, 1.807) is 4.90 Å². The minimum absolute atomic E-state index is 0.182. The van der Waals surface area contributed by atoms with Gasteiger partial charge in [0.15, 0.2) is 0 Å². The van der Waals surface area contributed by atoms with E-state index in [1.165, 1.54) is 12.8 Å². The van der Waals surface area contributed by atoms with E-state index >= 15 is 0 Å². The number of urea groups is 1. The maximum atomic E-state index is 11.8. The monoisotopic (exact) mass is 270 g/mol. The molecule has 1 aliphatic carbocycles. The molecule has 19 heavy (non-hydrogen) atoms. The lowest BCUT2D eigenvalue weighted by atomic mass is 10.1. The molecular formula is C13H22N2O4. The highest BCUT2D eigenvalue weighted by atomic mass is 16.5. The van der Waals surface area contributed by atoms with Gasteiger partial charge in [-0.25, -0.2) is 4.79 Å². The van der Waals surface area contributed by atoms with Gasteiger partial charge in [0.1, 0.15) is 0 Å². The summed E-state index contributed by atoms with van der Waals surface area (Å²) in [6, 6.07) is -0.182. The summed E-state index contributed by atoms with van der Waals surface area (Å²) in [6.45, 7) is 1.85. The molecule has 1 saturated heterocycles. The molecule has 1 unspecified atom stereocenters. The van der Waals surface area contributed by atoms with Gasteiger partial charge in [-0.15, -0.1) is 0 Å². The second-order valence-electron chi connectivity index (χ2n) is 5.28. The summed E-state index contributed by atoms with van der Waals surface area (Å²) in [5.74, 6) is -1.24. The summed E-state index contributed by atoms with van der Waals surface area (Å²) in [6.07, 6.45) is 5.63. The quantitative estimate of drug-likeness (QED) is 0.732. The fraction of sp³-hybridized carbons (Fsp3) is 0.846. The van der Waals surface area contributed by atoms with Crippen LogP contribution in [0.5, 0.6) is 0 Å². The number of carboxylic acids is 1. The number of carbonyl (C=O) groups excluding carboxylic acids is 1. The summed E-state index contributed by atoms with van der Waals surface area (Å²) in [7, 11) is 0. The van der Waals surface area contributed by atoms with Crippen LogP contribution in [0.4, 0.5) is 4.79 Å². The van der Waals surface area contributed by atoms with Crippen molar-refractivity contribution in [3.63, 3.8) is 0 Å². The zero-order valence-electron chi connectivity index (χ0n) is 11.1. The molecular weight excluding hydrogens is 248 g/mol. The van der Waals surface area contributed by atoms with Crippen molar-refractivity contribution < 1.29 is 19.4 Å². The van der Waals surface area contributed by atoms with Crippen LogP contribution in [0.2, 0.25) is 0 Å². The van der Waals surface area contributed by atoms with Crippen LogP contribution >= 0.6 is 0 Å². The number of aliphatic carboxylic acids is 1. The third-order valence-electron chi connectivity index (χ3n) is 3.86. The van der Waals surface area contributed by atoms with Crippen molar-refractivity contribution in [3.05, 3.63) is 0 Å². The van der Waals surface area contributed by atoms with E-state index in [4.69, 9.17) is 9.84 Å². The van der Waals surface area contributed by atoms with Crippen molar-refractivity contribution in [1.82, 2.24) is 10.2 Å². The number of hydrogen-bond donors (Lipinski definition) is 2. The maximum Gasteiger partial charge on any atom is 0.317 e. The molecule has 0 spiro atoms. The Hall–Kier alpha value is -1.30. The van der Waals surface area contributed by atoms with Crippen molar-refractivity contribution in [2.45, 2.75) is 38.2 Å². The summed E-state index contributed by atoms with van der Waals surface area (Å²) in [5, 5.41) is 11.6. The molecule has 2 N–H and O–H groups in total. The van der Waals surface area contributed by atoms with E-state index in [0.29, 0.717) is 38.8 Å². The van der Waals surface area contributed by atoms with Crippen molar-refractivity contribution in [2.24, 2.45) is 5.92 Å². The molecule has 2 amide bonds. The minimum Gasteiger partial charge on any atom is -0.481 e. The number of likely N-dealkylation sites (tertiary alicyclic amines) is 1. The first kappa shape index (κ1) is 14.1. The molecule has 1 heterocycles.